The third-order valence-corrected chi connectivity index (χ3v) is 2.03. The van der Waals surface area contributed by atoms with E-state index in [4.69, 9.17) is 9.84 Å². The molecule has 6 nitrogen and oxygen atoms in total. The minimum Gasteiger partial charge on any atom is -0.465 e. The largest absolute Gasteiger partial charge is 0.465 e. The molecule has 0 aliphatic heterocycles. The van der Waals surface area contributed by atoms with Crippen molar-refractivity contribution in [3.63, 3.8) is 0 Å². The quantitative estimate of drug-likeness (QED) is 0.567. The maximum atomic E-state index is 10.6. The van der Waals surface area contributed by atoms with Crippen LogP contribution in [-0.4, -0.2) is 51.4 Å². The summed E-state index contributed by atoms with van der Waals surface area (Å²) in [6.45, 7) is 0.445. The first kappa shape index (κ1) is 12.2. The number of rotatable bonds is 6. The van der Waals surface area contributed by atoms with Crippen molar-refractivity contribution in [1.29, 1.82) is 0 Å². The van der Waals surface area contributed by atoms with E-state index in [9.17, 15) is 13.2 Å². The Hall–Kier alpha value is -0.820. The lowest BCUT2D eigenvalue weighted by atomic mass is 10.7. The van der Waals surface area contributed by atoms with E-state index in [0.29, 0.717) is 0 Å². The predicted octanol–water partition coefficient (Wildman–Crippen LogP) is -0.685. The second-order valence-electron chi connectivity index (χ2n) is 2.47. The number of amides is 1. The molecule has 0 aliphatic rings. The molecule has 0 heterocycles. The summed E-state index contributed by atoms with van der Waals surface area (Å²) in [7, 11) is -2.99. The molecule has 1 amide bonds. The normalized spacial score (nSPS) is 11.2. The molecule has 0 unspecified atom stereocenters. The van der Waals surface area contributed by atoms with Gasteiger partial charge < -0.3 is 15.2 Å². The first-order valence-corrected chi connectivity index (χ1v) is 5.70. The summed E-state index contributed by atoms with van der Waals surface area (Å²) >= 11 is 0. The molecule has 0 spiro atoms. The number of hydrogen-bond donors (Lipinski definition) is 2. The van der Waals surface area contributed by atoms with Gasteiger partial charge >= 0.3 is 6.09 Å². The van der Waals surface area contributed by atoms with E-state index in [1.165, 1.54) is 0 Å². The molecule has 0 fully saturated rings. The standard InChI is InChI=1S/C6H13NO5S/c1-13(10,11)5-4-12-3-2-7-6(8)9/h7H,2-5H2,1H3,(H,8,9). The summed E-state index contributed by atoms with van der Waals surface area (Å²) in [6.07, 6.45) is -0.00186. The zero-order chi connectivity index (χ0) is 10.3. The van der Waals surface area contributed by atoms with Gasteiger partial charge in [0.15, 0.2) is 0 Å². The average Bonchev–Trinajstić information content (AvgIpc) is 1.93. The van der Waals surface area contributed by atoms with E-state index >= 15 is 0 Å². The van der Waals surface area contributed by atoms with Gasteiger partial charge in [-0.2, -0.15) is 0 Å². The van der Waals surface area contributed by atoms with Crippen molar-refractivity contribution >= 4 is 15.9 Å². The monoisotopic (exact) mass is 211 g/mol. The van der Waals surface area contributed by atoms with Gasteiger partial charge in [0.25, 0.3) is 0 Å². The van der Waals surface area contributed by atoms with Crippen LogP contribution in [0.4, 0.5) is 4.79 Å². The van der Waals surface area contributed by atoms with E-state index < -0.39 is 15.9 Å². The summed E-state index contributed by atoms with van der Waals surface area (Å²) in [5.41, 5.74) is 0. The molecule has 0 aromatic heterocycles. The fourth-order valence-electron chi connectivity index (χ4n) is 0.542. The zero-order valence-electron chi connectivity index (χ0n) is 7.32. The van der Waals surface area contributed by atoms with Gasteiger partial charge in [0.2, 0.25) is 0 Å². The highest BCUT2D eigenvalue weighted by molar-refractivity contribution is 7.90. The molecule has 0 rings (SSSR count). The van der Waals surface area contributed by atoms with Crippen LogP contribution in [0, 0.1) is 0 Å². The number of nitrogens with one attached hydrogen (secondary N) is 1. The topological polar surface area (TPSA) is 92.7 Å². The molecule has 0 atom stereocenters. The Bertz CT molecular complexity index is 248. The lowest BCUT2D eigenvalue weighted by Gasteiger charge is -2.02. The summed E-state index contributed by atoms with van der Waals surface area (Å²) in [5.74, 6) is -0.0416. The van der Waals surface area contributed by atoms with Crippen molar-refractivity contribution in [3.8, 4) is 0 Å². The summed E-state index contributed by atoms with van der Waals surface area (Å²) in [5, 5.41) is 10.2. The lowest BCUT2D eigenvalue weighted by molar-refractivity contribution is 0.145. The second-order valence-corrected chi connectivity index (χ2v) is 4.73. The van der Waals surface area contributed by atoms with Gasteiger partial charge in [0, 0.05) is 12.8 Å². The van der Waals surface area contributed by atoms with Gasteiger partial charge in [0.05, 0.1) is 19.0 Å². The number of sulfone groups is 1. The van der Waals surface area contributed by atoms with E-state index in [0.717, 1.165) is 6.26 Å². The molecule has 2 N–H and O–H groups in total. The van der Waals surface area contributed by atoms with Crippen molar-refractivity contribution < 1.29 is 23.1 Å². The Morgan fingerprint density at radius 1 is 1.46 bits per heavy atom. The minimum atomic E-state index is -2.99. The fourth-order valence-corrected chi connectivity index (χ4v) is 0.963. The van der Waals surface area contributed by atoms with Crippen LogP contribution < -0.4 is 5.32 Å². The molecule has 0 saturated carbocycles. The van der Waals surface area contributed by atoms with Crippen LogP contribution in [-0.2, 0) is 14.6 Å². The molecular weight excluding hydrogens is 198 g/mol. The molecule has 13 heavy (non-hydrogen) atoms. The van der Waals surface area contributed by atoms with Crippen molar-refractivity contribution in [1.82, 2.24) is 5.32 Å². The Morgan fingerprint density at radius 2 is 2.08 bits per heavy atom. The Kier molecular flexibility index (Phi) is 5.40. The van der Waals surface area contributed by atoms with Crippen molar-refractivity contribution in [3.05, 3.63) is 0 Å². The van der Waals surface area contributed by atoms with Crippen LogP contribution in [0.15, 0.2) is 0 Å². The average molecular weight is 211 g/mol. The van der Waals surface area contributed by atoms with Gasteiger partial charge in [-0.25, -0.2) is 13.2 Å². The first-order chi connectivity index (χ1) is 5.92. The highest BCUT2D eigenvalue weighted by Crippen LogP contribution is 1.83. The fraction of sp³-hybridized carbons (Fsp3) is 0.833. The summed E-state index contributed by atoms with van der Waals surface area (Å²) < 4.78 is 26.0. The number of carboxylic acid groups (broad SMARTS) is 1. The van der Waals surface area contributed by atoms with Crippen molar-refractivity contribution in [2.24, 2.45) is 0 Å². The van der Waals surface area contributed by atoms with Gasteiger partial charge in [-0.1, -0.05) is 0 Å². The van der Waals surface area contributed by atoms with Crippen LogP contribution in [0.1, 0.15) is 0 Å². The van der Waals surface area contributed by atoms with Gasteiger partial charge in [0.1, 0.15) is 9.84 Å². The Morgan fingerprint density at radius 3 is 2.54 bits per heavy atom. The van der Waals surface area contributed by atoms with E-state index in [1.54, 1.807) is 0 Å². The highest BCUT2D eigenvalue weighted by atomic mass is 32.2. The lowest BCUT2D eigenvalue weighted by Crippen LogP contribution is -2.25. The maximum absolute atomic E-state index is 10.6. The van der Waals surface area contributed by atoms with Crippen LogP contribution in [0.25, 0.3) is 0 Å². The van der Waals surface area contributed by atoms with Gasteiger partial charge in [-0.15, -0.1) is 0 Å². The third-order valence-electron chi connectivity index (χ3n) is 1.12. The number of ether oxygens (including phenoxy) is 1. The van der Waals surface area contributed by atoms with Crippen LogP contribution >= 0.6 is 0 Å². The van der Waals surface area contributed by atoms with Crippen molar-refractivity contribution in [2.75, 3.05) is 31.8 Å². The Balaban J connectivity index is 3.23. The van der Waals surface area contributed by atoms with Crippen LogP contribution in [0.5, 0.6) is 0 Å². The van der Waals surface area contributed by atoms with Gasteiger partial charge in [-0.3, -0.25) is 0 Å². The molecule has 78 valence electrons. The van der Waals surface area contributed by atoms with E-state index in [1.807, 2.05) is 0 Å². The molecule has 0 bridgehead atoms. The van der Waals surface area contributed by atoms with E-state index in [-0.39, 0.29) is 25.5 Å². The molecule has 0 saturated heterocycles. The Labute approximate surface area is 76.8 Å². The van der Waals surface area contributed by atoms with Crippen LogP contribution in [0.2, 0.25) is 0 Å². The number of hydrogen-bond acceptors (Lipinski definition) is 4. The minimum absolute atomic E-state index is 0.0416. The maximum Gasteiger partial charge on any atom is 0.404 e. The molecule has 7 heteroatoms. The third kappa shape index (κ3) is 11.2. The number of carbonyl (C=O) groups is 1. The molecule has 0 aromatic rings. The van der Waals surface area contributed by atoms with Crippen LogP contribution in [0.3, 0.4) is 0 Å². The zero-order valence-corrected chi connectivity index (χ0v) is 8.13. The second kappa shape index (κ2) is 5.76. The first-order valence-electron chi connectivity index (χ1n) is 3.64. The molecule has 0 radical (unpaired) electrons. The summed E-state index contributed by atoms with van der Waals surface area (Å²) in [6, 6.07) is 0. The molecular formula is C6H13NO5S. The predicted molar refractivity (Wildman–Crippen MR) is 46.6 cm³/mol. The summed E-state index contributed by atoms with van der Waals surface area (Å²) in [4.78, 5) is 9.93. The van der Waals surface area contributed by atoms with E-state index in [2.05, 4.69) is 5.32 Å². The van der Waals surface area contributed by atoms with Gasteiger partial charge in [-0.05, 0) is 0 Å². The smallest absolute Gasteiger partial charge is 0.404 e. The SMILES string of the molecule is CS(=O)(=O)CCOCCNC(=O)O. The molecule has 0 aliphatic carbocycles. The van der Waals surface area contributed by atoms with Crippen molar-refractivity contribution in [2.45, 2.75) is 0 Å². The highest BCUT2D eigenvalue weighted by Gasteiger charge is 2.01. The molecule has 0 aromatic carbocycles.